The third-order valence-corrected chi connectivity index (χ3v) is 8.30. The summed E-state index contributed by atoms with van der Waals surface area (Å²) in [5.41, 5.74) is 9.93. The smallest absolute Gasteiger partial charge is 0.129 e. The number of nitrogens with zero attached hydrogens (tertiary/aromatic N) is 4. The van der Waals surface area contributed by atoms with Crippen LogP contribution in [0, 0.1) is 13.8 Å². The Hall–Kier alpha value is -3.96. The fourth-order valence-corrected chi connectivity index (χ4v) is 5.58. The molecule has 0 spiro atoms. The van der Waals surface area contributed by atoms with Gasteiger partial charge in [0.1, 0.15) is 11.5 Å². The van der Waals surface area contributed by atoms with E-state index in [0.29, 0.717) is 0 Å². The normalized spacial score (nSPS) is 16.4. The molecule has 4 aromatic rings. The largest absolute Gasteiger partial charge is 0.457 e. The Morgan fingerprint density at radius 1 is 0.632 bits per heavy atom. The van der Waals surface area contributed by atoms with Gasteiger partial charge in [0, 0.05) is 41.8 Å². The average molecular weight is 505 g/mol. The fourth-order valence-electron chi connectivity index (χ4n) is 5.58. The topological polar surface area (TPSA) is 22.2 Å². The minimum Gasteiger partial charge on any atom is -0.457 e. The first-order chi connectivity index (χ1) is 18.2. The van der Waals surface area contributed by atoms with Gasteiger partial charge in [-0.3, -0.25) is 4.90 Å². The van der Waals surface area contributed by atoms with Gasteiger partial charge in [0.2, 0.25) is 0 Å². The van der Waals surface area contributed by atoms with E-state index in [1.807, 2.05) is 12.1 Å². The van der Waals surface area contributed by atoms with E-state index in [-0.39, 0.29) is 5.54 Å². The van der Waals surface area contributed by atoms with E-state index in [0.717, 1.165) is 36.2 Å². The third-order valence-electron chi connectivity index (χ3n) is 8.30. The summed E-state index contributed by atoms with van der Waals surface area (Å²) in [6.45, 7) is 10.6. The van der Waals surface area contributed by atoms with Gasteiger partial charge >= 0.3 is 0 Å². The third kappa shape index (κ3) is 4.07. The van der Waals surface area contributed by atoms with Crippen LogP contribution in [0.3, 0.4) is 0 Å². The summed E-state index contributed by atoms with van der Waals surface area (Å²) in [7, 11) is 4.34. The van der Waals surface area contributed by atoms with Gasteiger partial charge in [-0.2, -0.15) is 0 Å². The van der Waals surface area contributed by atoms with Crippen molar-refractivity contribution in [1.82, 2.24) is 4.90 Å². The maximum Gasteiger partial charge on any atom is 0.129 e. The van der Waals surface area contributed by atoms with Crippen LogP contribution >= 0.6 is 0 Å². The van der Waals surface area contributed by atoms with E-state index in [4.69, 9.17) is 4.74 Å². The predicted octanol–water partition coefficient (Wildman–Crippen LogP) is 7.92. The van der Waals surface area contributed by atoms with Crippen LogP contribution in [0.2, 0.25) is 0 Å². The van der Waals surface area contributed by atoms with E-state index in [1.165, 1.54) is 33.8 Å². The lowest BCUT2D eigenvalue weighted by atomic mass is 9.88. The number of benzene rings is 4. The highest BCUT2D eigenvalue weighted by Crippen LogP contribution is 2.44. The predicted molar refractivity (Wildman–Crippen MR) is 159 cm³/mol. The lowest BCUT2D eigenvalue weighted by molar-refractivity contribution is 0.150. The highest BCUT2D eigenvalue weighted by Gasteiger charge is 2.35. The van der Waals surface area contributed by atoms with Crippen molar-refractivity contribution in [2.45, 2.75) is 33.2 Å². The molecule has 0 radical (unpaired) electrons. The number of hydrogen-bond donors (Lipinski definition) is 0. The number of ether oxygens (including phenoxy) is 1. The molecule has 0 amide bonds. The molecule has 0 atom stereocenters. The Balaban J connectivity index is 1.29. The molecule has 4 aromatic carbocycles. The second kappa shape index (κ2) is 9.10. The summed E-state index contributed by atoms with van der Waals surface area (Å²) in [6.07, 6.45) is 0. The van der Waals surface area contributed by atoms with Crippen molar-refractivity contribution in [3.8, 4) is 11.5 Å². The van der Waals surface area contributed by atoms with E-state index < -0.39 is 0 Å². The quantitative estimate of drug-likeness (QED) is 0.281. The average Bonchev–Trinajstić information content (AvgIpc) is 3.22. The first-order valence-electron chi connectivity index (χ1n) is 13.3. The van der Waals surface area contributed by atoms with Crippen LogP contribution in [0.15, 0.2) is 84.9 Å². The number of rotatable bonds is 4. The zero-order chi connectivity index (χ0) is 26.6. The molecule has 2 heterocycles. The number of anilines is 5. The molecule has 2 aliphatic heterocycles. The van der Waals surface area contributed by atoms with Crippen LogP contribution in [0.4, 0.5) is 28.4 Å². The van der Waals surface area contributed by atoms with Crippen LogP contribution < -0.4 is 19.4 Å². The van der Waals surface area contributed by atoms with Gasteiger partial charge < -0.3 is 19.4 Å². The summed E-state index contributed by atoms with van der Waals surface area (Å²) in [5, 5.41) is 0. The first-order valence-corrected chi connectivity index (χ1v) is 13.3. The Bertz CT molecular complexity index is 1510. The molecule has 5 nitrogen and oxygen atoms in total. The van der Waals surface area contributed by atoms with Crippen molar-refractivity contribution in [3.05, 3.63) is 102 Å². The van der Waals surface area contributed by atoms with Gasteiger partial charge in [0.05, 0.1) is 24.7 Å². The van der Waals surface area contributed by atoms with Gasteiger partial charge in [0.25, 0.3) is 0 Å². The lowest BCUT2D eigenvalue weighted by Gasteiger charge is -2.47. The van der Waals surface area contributed by atoms with Gasteiger partial charge in [-0.05, 0) is 93.9 Å². The van der Waals surface area contributed by atoms with Crippen molar-refractivity contribution in [1.29, 1.82) is 0 Å². The van der Waals surface area contributed by atoms with E-state index >= 15 is 0 Å². The monoisotopic (exact) mass is 504 g/mol. The van der Waals surface area contributed by atoms with Crippen molar-refractivity contribution in [3.63, 3.8) is 0 Å². The molecule has 0 bridgehead atoms. The number of fused-ring (bicyclic) bond motifs is 2. The van der Waals surface area contributed by atoms with Crippen molar-refractivity contribution < 1.29 is 4.74 Å². The standard InChI is InChI=1S/C33H36N4O/c1-23-17-31-32(18-24(23)2)36(21-34(31)5)25-11-9-13-27(19-25)38-28-14-10-12-26(20-28)37-22-35(6)33(3,4)29-15-7-8-16-30(29)37/h7-20H,21-22H2,1-6H3. The second-order valence-electron chi connectivity index (χ2n) is 11.1. The van der Waals surface area contributed by atoms with E-state index in [1.54, 1.807) is 0 Å². The molecule has 5 heteroatoms. The van der Waals surface area contributed by atoms with Crippen LogP contribution in [0.1, 0.15) is 30.5 Å². The van der Waals surface area contributed by atoms with Crippen LogP contribution in [-0.4, -0.2) is 32.3 Å². The molecule has 0 aromatic heterocycles. The van der Waals surface area contributed by atoms with Crippen LogP contribution in [-0.2, 0) is 5.54 Å². The van der Waals surface area contributed by atoms with Crippen molar-refractivity contribution >= 4 is 28.4 Å². The van der Waals surface area contributed by atoms with Gasteiger partial charge in [0.15, 0.2) is 0 Å². The Kier molecular flexibility index (Phi) is 5.84. The van der Waals surface area contributed by atoms with Crippen LogP contribution in [0.25, 0.3) is 0 Å². The molecule has 194 valence electrons. The number of aryl methyl sites for hydroxylation is 2. The number of para-hydroxylation sites is 1. The Morgan fingerprint density at radius 2 is 1.21 bits per heavy atom. The van der Waals surface area contributed by atoms with E-state index in [9.17, 15) is 0 Å². The second-order valence-corrected chi connectivity index (χ2v) is 11.1. The Labute approximate surface area is 226 Å². The molecule has 38 heavy (non-hydrogen) atoms. The molecule has 0 unspecified atom stereocenters. The maximum atomic E-state index is 6.44. The summed E-state index contributed by atoms with van der Waals surface area (Å²) in [6, 6.07) is 30.1. The minimum atomic E-state index is -0.0266. The minimum absolute atomic E-state index is 0.0266. The molecule has 0 saturated heterocycles. The maximum absolute atomic E-state index is 6.44. The first kappa shape index (κ1) is 24.4. The number of hydrogen-bond acceptors (Lipinski definition) is 5. The molecular weight excluding hydrogens is 468 g/mol. The van der Waals surface area contributed by atoms with Crippen molar-refractivity contribution in [2.75, 3.05) is 42.1 Å². The van der Waals surface area contributed by atoms with Crippen molar-refractivity contribution in [2.24, 2.45) is 0 Å². The molecule has 0 N–H and O–H groups in total. The van der Waals surface area contributed by atoms with E-state index in [2.05, 4.69) is 134 Å². The molecule has 2 aliphatic rings. The summed E-state index contributed by atoms with van der Waals surface area (Å²) in [4.78, 5) is 9.41. The highest BCUT2D eigenvalue weighted by atomic mass is 16.5. The SMILES string of the molecule is Cc1cc2c(cc1C)N(c1cccc(Oc3cccc(N4CN(C)C(C)(C)c5ccccc54)c3)c1)CN2C. The van der Waals surface area contributed by atoms with Gasteiger partial charge in [-0.25, -0.2) is 0 Å². The summed E-state index contributed by atoms with van der Waals surface area (Å²) >= 11 is 0. The highest BCUT2D eigenvalue weighted by molar-refractivity contribution is 5.83. The zero-order valence-electron chi connectivity index (χ0n) is 23.2. The molecular formula is C33H36N4O. The molecule has 0 fully saturated rings. The molecule has 0 aliphatic carbocycles. The Morgan fingerprint density at radius 3 is 1.87 bits per heavy atom. The van der Waals surface area contributed by atoms with Crippen LogP contribution in [0.5, 0.6) is 11.5 Å². The summed E-state index contributed by atoms with van der Waals surface area (Å²) in [5.74, 6) is 1.66. The zero-order valence-corrected chi connectivity index (χ0v) is 23.2. The lowest BCUT2D eigenvalue weighted by Crippen LogP contribution is -2.49. The van der Waals surface area contributed by atoms with Gasteiger partial charge in [-0.15, -0.1) is 0 Å². The molecule has 0 saturated carbocycles. The fraction of sp³-hybridized carbons (Fsp3) is 0.273. The molecule has 6 rings (SSSR count). The van der Waals surface area contributed by atoms with Gasteiger partial charge in [-0.1, -0.05) is 30.3 Å². The summed E-state index contributed by atoms with van der Waals surface area (Å²) < 4.78 is 6.44.